The first-order valence-electron chi connectivity index (χ1n) is 8.39. The molecule has 0 unspecified atom stereocenters. The van der Waals surface area contributed by atoms with E-state index in [0.29, 0.717) is 24.3 Å². The van der Waals surface area contributed by atoms with Gasteiger partial charge < -0.3 is 15.2 Å². The highest BCUT2D eigenvalue weighted by atomic mass is 16.2. The minimum atomic E-state index is -0.0385. The van der Waals surface area contributed by atoms with E-state index < -0.39 is 0 Å². The lowest BCUT2D eigenvalue weighted by molar-refractivity contribution is 0.0790. The third kappa shape index (κ3) is 3.88. The number of imidazole rings is 1. The predicted octanol–water partition coefficient (Wildman–Crippen LogP) is 2.31. The normalized spacial score (nSPS) is 10.7. The van der Waals surface area contributed by atoms with Crippen LogP contribution in [0.3, 0.4) is 0 Å². The minimum Gasteiger partial charge on any atom is -0.368 e. The van der Waals surface area contributed by atoms with E-state index in [0.717, 1.165) is 17.1 Å². The summed E-state index contributed by atoms with van der Waals surface area (Å²) in [6.07, 6.45) is 3.67. The van der Waals surface area contributed by atoms with Crippen molar-refractivity contribution in [3.05, 3.63) is 59.8 Å². The molecule has 0 aliphatic heterocycles. The molecule has 7 nitrogen and oxygen atoms in total. The van der Waals surface area contributed by atoms with Crippen molar-refractivity contribution in [2.75, 3.05) is 19.3 Å². The van der Waals surface area contributed by atoms with Gasteiger partial charge in [0.25, 0.3) is 5.91 Å². The van der Waals surface area contributed by atoms with Gasteiger partial charge in [-0.3, -0.25) is 4.79 Å². The quantitative estimate of drug-likeness (QED) is 0.762. The number of amides is 1. The second-order valence-electron chi connectivity index (χ2n) is 6.23. The van der Waals surface area contributed by atoms with Gasteiger partial charge >= 0.3 is 0 Å². The molecule has 2 aromatic heterocycles. The summed E-state index contributed by atoms with van der Waals surface area (Å²) in [6.45, 7) is 5.11. The molecule has 0 aliphatic rings. The van der Waals surface area contributed by atoms with Crippen molar-refractivity contribution in [3.8, 4) is 11.3 Å². The van der Waals surface area contributed by atoms with Crippen LogP contribution in [-0.2, 0) is 6.54 Å². The fourth-order valence-corrected chi connectivity index (χ4v) is 2.77. The topological polar surface area (TPSA) is 89.9 Å². The zero-order chi connectivity index (χ0) is 18.7. The van der Waals surface area contributed by atoms with Gasteiger partial charge in [0, 0.05) is 49.4 Å². The molecule has 0 spiro atoms. The van der Waals surface area contributed by atoms with E-state index in [9.17, 15) is 4.79 Å². The Hall–Kier alpha value is -3.22. The van der Waals surface area contributed by atoms with Crippen molar-refractivity contribution < 1.29 is 4.79 Å². The van der Waals surface area contributed by atoms with Gasteiger partial charge in [-0.1, -0.05) is 12.1 Å². The molecular weight excluding hydrogens is 328 g/mol. The Labute approximate surface area is 152 Å². The molecule has 2 N–H and O–H groups in total. The average Bonchev–Trinajstić information content (AvgIpc) is 3.03. The van der Waals surface area contributed by atoms with Gasteiger partial charge in [0.15, 0.2) is 0 Å². The summed E-state index contributed by atoms with van der Waals surface area (Å²) in [5.41, 5.74) is 8.69. The van der Waals surface area contributed by atoms with Crippen molar-refractivity contribution in [1.82, 2.24) is 24.4 Å². The van der Waals surface area contributed by atoms with Gasteiger partial charge in [0.05, 0.1) is 5.69 Å². The van der Waals surface area contributed by atoms with Crippen LogP contribution in [0.2, 0.25) is 0 Å². The molecular formula is C19H22N6O. The Bertz CT molecular complexity index is 913. The Balaban J connectivity index is 1.76. The number of likely N-dealkylation sites (N-methyl/N-ethyl adjacent to an activating group) is 1. The zero-order valence-corrected chi connectivity index (χ0v) is 15.2. The number of aryl methyl sites for hydroxylation is 2. The van der Waals surface area contributed by atoms with E-state index >= 15 is 0 Å². The highest BCUT2D eigenvalue weighted by Gasteiger charge is 2.13. The van der Waals surface area contributed by atoms with Crippen LogP contribution < -0.4 is 5.73 Å². The lowest BCUT2D eigenvalue weighted by atomic mass is 10.1. The number of rotatable bonds is 5. The van der Waals surface area contributed by atoms with Gasteiger partial charge in [-0.25, -0.2) is 15.0 Å². The van der Waals surface area contributed by atoms with E-state index in [-0.39, 0.29) is 11.9 Å². The fourth-order valence-electron chi connectivity index (χ4n) is 2.77. The van der Waals surface area contributed by atoms with Crippen molar-refractivity contribution >= 4 is 11.9 Å². The Morgan fingerprint density at radius 2 is 2.04 bits per heavy atom. The number of nitrogens with two attached hydrogens (primary N) is 1. The van der Waals surface area contributed by atoms with Crippen LogP contribution in [0.15, 0.2) is 42.7 Å². The van der Waals surface area contributed by atoms with Crippen molar-refractivity contribution in [2.45, 2.75) is 20.4 Å². The van der Waals surface area contributed by atoms with Gasteiger partial charge in [-0.15, -0.1) is 0 Å². The number of anilines is 1. The number of carbonyl (C=O) groups excluding carboxylic acids is 1. The molecule has 0 saturated heterocycles. The summed E-state index contributed by atoms with van der Waals surface area (Å²) >= 11 is 0. The molecule has 0 saturated carbocycles. The first-order chi connectivity index (χ1) is 12.4. The maximum atomic E-state index is 12.8. The van der Waals surface area contributed by atoms with E-state index in [1.807, 2.05) is 54.9 Å². The second-order valence-corrected chi connectivity index (χ2v) is 6.23. The van der Waals surface area contributed by atoms with Gasteiger partial charge in [-0.05, 0) is 32.0 Å². The molecule has 2 heterocycles. The van der Waals surface area contributed by atoms with Crippen LogP contribution in [0.1, 0.15) is 21.9 Å². The monoisotopic (exact) mass is 350 g/mol. The molecule has 0 radical (unpaired) electrons. The SMILES string of the molecule is Cc1cc(-c2cccc(C(=O)N(C)CCn3ccnc3C)c2)nc(N)n1. The summed E-state index contributed by atoms with van der Waals surface area (Å²) in [4.78, 5) is 27.0. The Morgan fingerprint density at radius 3 is 2.73 bits per heavy atom. The van der Waals surface area contributed by atoms with Crippen LogP contribution >= 0.6 is 0 Å². The van der Waals surface area contributed by atoms with E-state index in [1.54, 1.807) is 18.1 Å². The number of benzene rings is 1. The number of nitrogen functional groups attached to an aromatic ring is 1. The zero-order valence-electron chi connectivity index (χ0n) is 15.2. The molecule has 134 valence electrons. The molecule has 3 rings (SSSR count). The maximum Gasteiger partial charge on any atom is 0.253 e. The van der Waals surface area contributed by atoms with E-state index in [1.165, 1.54) is 0 Å². The predicted molar refractivity (Wildman–Crippen MR) is 101 cm³/mol. The highest BCUT2D eigenvalue weighted by molar-refractivity contribution is 5.95. The van der Waals surface area contributed by atoms with Crippen molar-refractivity contribution in [2.24, 2.45) is 0 Å². The Kier molecular flexibility index (Phi) is 4.97. The van der Waals surface area contributed by atoms with Gasteiger partial charge in [0.1, 0.15) is 5.82 Å². The number of hydrogen-bond donors (Lipinski definition) is 1. The molecule has 0 bridgehead atoms. The van der Waals surface area contributed by atoms with Crippen LogP contribution in [0, 0.1) is 13.8 Å². The number of nitrogens with zero attached hydrogens (tertiary/aromatic N) is 5. The molecule has 1 amide bonds. The summed E-state index contributed by atoms with van der Waals surface area (Å²) in [6, 6.07) is 9.26. The van der Waals surface area contributed by atoms with Crippen molar-refractivity contribution in [3.63, 3.8) is 0 Å². The highest BCUT2D eigenvalue weighted by Crippen LogP contribution is 2.20. The summed E-state index contributed by atoms with van der Waals surface area (Å²) in [5.74, 6) is 1.12. The maximum absolute atomic E-state index is 12.8. The molecule has 7 heteroatoms. The first-order valence-corrected chi connectivity index (χ1v) is 8.39. The third-order valence-corrected chi connectivity index (χ3v) is 4.22. The second kappa shape index (κ2) is 7.35. The molecule has 0 aliphatic carbocycles. The fraction of sp³-hybridized carbons (Fsp3) is 0.263. The standard InChI is InChI=1S/C19H22N6O/c1-13-11-17(23-19(20)22-13)15-5-4-6-16(12-15)18(26)24(3)9-10-25-8-7-21-14(25)2/h4-8,11-12H,9-10H2,1-3H3,(H2,20,22,23). The summed E-state index contributed by atoms with van der Waals surface area (Å²) in [5, 5.41) is 0. The Morgan fingerprint density at radius 1 is 1.23 bits per heavy atom. The smallest absolute Gasteiger partial charge is 0.253 e. The lowest BCUT2D eigenvalue weighted by Gasteiger charge is -2.18. The number of aromatic nitrogens is 4. The average molecular weight is 350 g/mol. The molecule has 3 aromatic rings. The van der Waals surface area contributed by atoms with Gasteiger partial charge in [-0.2, -0.15) is 0 Å². The van der Waals surface area contributed by atoms with Crippen LogP contribution in [0.4, 0.5) is 5.95 Å². The molecule has 0 atom stereocenters. The van der Waals surface area contributed by atoms with E-state index in [2.05, 4.69) is 15.0 Å². The van der Waals surface area contributed by atoms with Crippen molar-refractivity contribution in [1.29, 1.82) is 0 Å². The third-order valence-electron chi connectivity index (χ3n) is 4.22. The first kappa shape index (κ1) is 17.6. The van der Waals surface area contributed by atoms with Crippen LogP contribution in [-0.4, -0.2) is 43.9 Å². The minimum absolute atomic E-state index is 0.0385. The largest absolute Gasteiger partial charge is 0.368 e. The summed E-state index contributed by atoms with van der Waals surface area (Å²) in [7, 11) is 1.80. The molecule has 1 aromatic carbocycles. The van der Waals surface area contributed by atoms with Crippen LogP contribution in [0.5, 0.6) is 0 Å². The van der Waals surface area contributed by atoms with Gasteiger partial charge in [0.2, 0.25) is 5.95 Å². The lowest BCUT2D eigenvalue weighted by Crippen LogP contribution is -2.30. The van der Waals surface area contributed by atoms with Crippen LogP contribution in [0.25, 0.3) is 11.3 Å². The van der Waals surface area contributed by atoms with E-state index in [4.69, 9.17) is 5.73 Å². The molecule has 0 fully saturated rings. The molecule has 26 heavy (non-hydrogen) atoms. The summed E-state index contributed by atoms with van der Waals surface area (Å²) < 4.78 is 2.02. The number of hydrogen-bond acceptors (Lipinski definition) is 5. The number of carbonyl (C=O) groups is 1.